The summed E-state index contributed by atoms with van der Waals surface area (Å²) in [6, 6.07) is 8.11. The molecule has 1 aromatic carbocycles. The number of nitrogens with zero attached hydrogens (tertiary/aromatic N) is 2. The molecule has 1 saturated carbocycles. The molecule has 0 N–H and O–H groups in total. The van der Waals surface area contributed by atoms with Crippen LogP contribution in [0.1, 0.15) is 24.0 Å². The number of urea groups is 1. The quantitative estimate of drug-likeness (QED) is 0.762. The van der Waals surface area contributed by atoms with Gasteiger partial charge in [-0.05, 0) is 25.3 Å². The van der Waals surface area contributed by atoms with Gasteiger partial charge < -0.3 is 4.90 Å². The number of carbonyl (C=O) groups is 2. The molecule has 3 rings (SSSR count). The number of imide groups is 1. The van der Waals surface area contributed by atoms with E-state index in [1.807, 2.05) is 31.2 Å². The lowest BCUT2D eigenvalue weighted by Crippen LogP contribution is -2.33. The van der Waals surface area contributed by atoms with Crippen LogP contribution >= 0.6 is 0 Å². The summed E-state index contributed by atoms with van der Waals surface area (Å²) < 4.78 is 0. The van der Waals surface area contributed by atoms with Crippen LogP contribution in [-0.2, 0) is 11.3 Å². The van der Waals surface area contributed by atoms with Crippen LogP contribution in [0.5, 0.6) is 0 Å². The summed E-state index contributed by atoms with van der Waals surface area (Å²) in [7, 11) is 0. The van der Waals surface area contributed by atoms with E-state index in [9.17, 15) is 9.59 Å². The topological polar surface area (TPSA) is 40.6 Å². The Hall–Kier alpha value is -1.84. The normalized spacial score (nSPS) is 19.8. The Bertz CT molecular complexity index is 508. The van der Waals surface area contributed by atoms with Crippen molar-refractivity contribution in [2.24, 2.45) is 0 Å². The summed E-state index contributed by atoms with van der Waals surface area (Å²) in [5.41, 5.74) is 2.15. The minimum absolute atomic E-state index is 0.0755. The molecule has 2 fully saturated rings. The largest absolute Gasteiger partial charge is 0.327 e. The zero-order chi connectivity index (χ0) is 12.7. The summed E-state index contributed by atoms with van der Waals surface area (Å²) in [4.78, 5) is 27.1. The van der Waals surface area contributed by atoms with Crippen LogP contribution in [0.4, 0.5) is 4.79 Å². The highest BCUT2D eigenvalue weighted by Gasteiger charge is 2.43. The van der Waals surface area contributed by atoms with Crippen LogP contribution in [0, 0.1) is 6.92 Å². The molecule has 0 bridgehead atoms. The Kier molecular flexibility index (Phi) is 2.58. The predicted molar refractivity (Wildman–Crippen MR) is 66.9 cm³/mol. The highest BCUT2D eigenvalue weighted by molar-refractivity contribution is 6.02. The molecule has 3 amide bonds. The Morgan fingerprint density at radius 3 is 2.72 bits per heavy atom. The van der Waals surface area contributed by atoms with Crippen LogP contribution in [0.2, 0.25) is 0 Å². The lowest BCUT2D eigenvalue weighted by molar-refractivity contribution is -0.125. The Labute approximate surface area is 106 Å². The van der Waals surface area contributed by atoms with Crippen LogP contribution < -0.4 is 0 Å². The van der Waals surface area contributed by atoms with E-state index in [0.717, 1.165) is 24.0 Å². The van der Waals surface area contributed by atoms with Gasteiger partial charge in [-0.15, -0.1) is 0 Å². The zero-order valence-corrected chi connectivity index (χ0v) is 10.4. The van der Waals surface area contributed by atoms with Gasteiger partial charge in [0, 0.05) is 6.04 Å². The minimum atomic E-state index is -0.121. The Morgan fingerprint density at radius 1 is 1.28 bits per heavy atom. The maximum Gasteiger partial charge on any atom is 0.327 e. The molecule has 2 aliphatic rings. The number of amides is 3. The van der Waals surface area contributed by atoms with Gasteiger partial charge in [-0.3, -0.25) is 9.69 Å². The number of hydrogen-bond donors (Lipinski definition) is 0. The molecule has 1 heterocycles. The SMILES string of the molecule is Cc1cccc(CN2C(=O)CN(C3CC3)C2=O)c1. The summed E-state index contributed by atoms with van der Waals surface area (Å²) >= 11 is 0. The molecule has 0 unspecified atom stereocenters. The smallest absolute Gasteiger partial charge is 0.312 e. The Morgan fingerprint density at radius 2 is 2.06 bits per heavy atom. The van der Waals surface area contributed by atoms with Gasteiger partial charge in [0.2, 0.25) is 0 Å². The average Bonchev–Trinajstić information content (AvgIpc) is 3.12. The molecule has 4 nitrogen and oxygen atoms in total. The van der Waals surface area contributed by atoms with Crippen molar-refractivity contribution in [3.8, 4) is 0 Å². The molecule has 94 valence electrons. The van der Waals surface area contributed by atoms with E-state index < -0.39 is 0 Å². The number of benzene rings is 1. The standard InChI is InChI=1S/C14H16N2O2/c1-10-3-2-4-11(7-10)8-16-13(17)9-15(14(16)18)12-5-6-12/h2-4,7,12H,5-6,8-9H2,1H3. The fraction of sp³-hybridized carbons (Fsp3) is 0.429. The van der Waals surface area contributed by atoms with Crippen molar-refractivity contribution < 1.29 is 9.59 Å². The van der Waals surface area contributed by atoms with Crippen molar-refractivity contribution in [3.05, 3.63) is 35.4 Å². The van der Waals surface area contributed by atoms with Gasteiger partial charge in [0.1, 0.15) is 6.54 Å². The highest BCUT2D eigenvalue weighted by atomic mass is 16.2. The maximum absolute atomic E-state index is 12.1. The molecular formula is C14H16N2O2. The van der Waals surface area contributed by atoms with E-state index in [1.54, 1.807) is 4.90 Å². The van der Waals surface area contributed by atoms with E-state index >= 15 is 0 Å². The highest BCUT2D eigenvalue weighted by Crippen LogP contribution is 2.30. The monoisotopic (exact) mass is 244 g/mol. The van der Waals surface area contributed by atoms with Crippen molar-refractivity contribution in [1.82, 2.24) is 9.80 Å². The fourth-order valence-corrected chi connectivity index (χ4v) is 2.38. The van der Waals surface area contributed by atoms with Gasteiger partial charge in [0.25, 0.3) is 5.91 Å². The van der Waals surface area contributed by atoms with Crippen LogP contribution in [0.25, 0.3) is 0 Å². The molecule has 0 radical (unpaired) electrons. The van der Waals surface area contributed by atoms with E-state index in [1.165, 1.54) is 4.90 Å². The van der Waals surface area contributed by atoms with Crippen LogP contribution in [0.15, 0.2) is 24.3 Å². The minimum Gasteiger partial charge on any atom is -0.312 e. The van der Waals surface area contributed by atoms with E-state index in [0.29, 0.717) is 12.6 Å². The van der Waals surface area contributed by atoms with Crippen molar-refractivity contribution >= 4 is 11.9 Å². The predicted octanol–water partition coefficient (Wildman–Crippen LogP) is 1.92. The lowest BCUT2D eigenvalue weighted by atomic mass is 10.1. The molecule has 1 aromatic rings. The molecule has 1 aliphatic heterocycles. The second-order valence-electron chi connectivity index (χ2n) is 5.11. The molecule has 0 spiro atoms. The summed E-state index contributed by atoms with van der Waals surface area (Å²) in [6.07, 6.45) is 2.08. The maximum atomic E-state index is 12.1. The van der Waals surface area contributed by atoms with Crippen LogP contribution in [0.3, 0.4) is 0 Å². The number of hydrogen-bond acceptors (Lipinski definition) is 2. The van der Waals surface area contributed by atoms with Gasteiger partial charge >= 0.3 is 6.03 Å². The molecule has 0 atom stereocenters. The number of aryl methyl sites for hydroxylation is 1. The molecule has 4 heteroatoms. The first kappa shape index (κ1) is 11.3. The second kappa shape index (κ2) is 4.12. The molecule has 0 aromatic heterocycles. The molecule has 1 aliphatic carbocycles. The summed E-state index contributed by atoms with van der Waals surface area (Å²) in [6.45, 7) is 2.66. The first-order valence-electron chi connectivity index (χ1n) is 6.31. The van der Waals surface area contributed by atoms with Gasteiger partial charge in [0.05, 0.1) is 6.54 Å². The van der Waals surface area contributed by atoms with Gasteiger partial charge in [-0.25, -0.2) is 4.79 Å². The van der Waals surface area contributed by atoms with Crippen molar-refractivity contribution in [2.45, 2.75) is 32.4 Å². The number of carbonyl (C=O) groups excluding carboxylic acids is 2. The fourth-order valence-electron chi connectivity index (χ4n) is 2.38. The van der Waals surface area contributed by atoms with Crippen molar-refractivity contribution in [3.63, 3.8) is 0 Å². The third-order valence-electron chi connectivity index (χ3n) is 3.49. The van der Waals surface area contributed by atoms with Crippen molar-refractivity contribution in [2.75, 3.05) is 6.54 Å². The third kappa shape index (κ3) is 1.98. The van der Waals surface area contributed by atoms with Gasteiger partial charge in [-0.2, -0.15) is 0 Å². The molecule has 18 heavy (non-hydrogen) atoms. The summed E-state index contributed by atoms with van der Waals surface area (Å²) in [5, 5.41) is 0. The Balaban J connectivity index is 1.76. The van der Waals surface area contributed by atoms with Gasteiger partial charge in [-0.1, -0.05) is 29.8 Å². The lowest BCUT2D eigenvalue weighted by Gasteiger charge is -2.16. The van der Waals surface area contributed by atoms with E-state index in [-0.39, 0.29) is 18.5 Å². The first-order chi connectivity index (χ1) is 8.65. The summed E-state index contributed by atoms with van der Waals surface area (Å²) in [5.74, 6) is -0.0755. The van der Waals surface area contributed by atoms with Gasteiger partial charge in [0.15, 0.2) is 0 Å². The number of rotatable bonds is 3. The molecular weight excluding hydrogens is 228 g/mol. The average molecular weight is 244 g/mol. The van der Waals surface area contributed by atoms with Crippen molar-refractivity contribution in [1.29, 1.82) is 0 Å². The van der Waals surface area contributed by atoms with E-state index in [2.05, 4.69) is 0 Å². The van der Waals surface area contributed by atoms with E-state index in [4.69, 9.17) is 0 Å². The molecule has 1 saturated heterocycles. The third-order valence-corrected chi connectivity index (χ3v) is 3.49. The zero-order valence-electron chi connectivity index (χ0n) is 10.4. The van der Waals surface area contributed by atoms with Crippen LogP contribution in [-0.4, -0.2) is 34.3 Å². The first-order valence-corrected chi connectivity index (χ1v) is 6.31. The second-order valence-corrected chi connectivity index (χ2v) is 5.11.